The summed E-state index contributed by atoms with van der Waals surface area (Å²) in [5, 5.41) is 2.65. The molecule has 2 atom stereocenters. The minimum absolute atomic E-state index is 0. The van der Waals surface area contributed by atoms with Crippen molar-refractivity contribution in [1.82, 2.24) is 5.32 Å². The molecule has 1 aromatic carbocycles. The van der Waals surface area contributed by atoms with Crippen molar-refractivity contribution in [2.45, 2.75) is 53.7 Å². The lowest BCUT2D eigenvalue weighted by Crippen LogP contribution is -2.50. The fraction of sp³-hybridized carbons (Fsp3) is 0.556. The highest BCUT2D eigenvalue weighted by Crippen LogP contribution is 2.23. The first-order valence-electron chi connectivity index (χ1n) is 7.86. The summed E-state index contributed by atoms with van der Waals surface area (Å²) in [5.74, 6) is -0.531. The molecule has 4 nitrogen and oxygen atoms in total. The van der Waals surface area contributed by atoms with Crippen molar-refractivity contribution in [2.75, 3.05) is 0 Å². The Labute approximate surface area is 138 Å². The lowest BCUT2D eigenvalue weighted by Gasteiger charge is -2.31. The number of carbonyl (C=O) groups excluding carboxylic acids is 2. The summed E-state index contributed by atoms with van der Waals surface area (Å²) >= 11 is 0. The zero-order valence-electron chi connectivity index (χ0n) is 14.5. The predicted molar refractivity (Wildman–Crippen MR) is 89.5 cm³/mol. The van der Waals surface area contributed by atoms with Crippen molar-refractivity contribution in [1.29, 1.82) is 0 Å². The maximum atomic E-state index is 13.1. The Morgan fingerprint density at radius 3 is 2.52 bits per heavy atom. The van der Waals surface area contributed by atoms with Gasteiger partial charge in [-0.1, -0.05) is 46.8 Å². The molecule has 0 spiro atoms. The molecule has 1 N–H and O–H groups in total. The van der Waals surface area contributed by atoms with Gasteiger partial charge in [0.1, 0.15) is 12.4 Å². The first-order chi connectivity index (χ1) is 10.6. The fourth-order valence-corrected chi connectivity index (χ4v) is 2.14. The number of carbonyl (C=O) groups is 2. The van der Waals surface area contributed by atoms with E-state index in [2.05, 4.69) is 5.32 Å². The zero-order valence-corrected chi connectivity index (χ0v) is 14.5. The van der Waals surface area contributed by atoms with Crippen LogP contribution in [0.2, 0.25) is 0 Å². The molecular weight excluding hydrogens is 297 g/mol. The van der Waals surface area contributed by atoms with E-state index in [0.29, 0.717) is 12.0 Å². The molecule has 130 valence electrons. The number of amides is 1. The molecule has 2 unspecified atom stereocenters. The average molecular weight is 325 g/mol. The van der Waals surface area contributed by atoms with Gasteiger partial charge in [0.05, 0.1) is 6.04 Å². The predicted octanol–water partition coefficient (Wildman–Crippen LogP) is 4.33. The lowest BCUT2D eigenvalue weighted by molar-refractivity contribution is -0.126. The molecule has 1 aromatic rings. The summed E-state index contributed by atoms with van der Waals surface area (Å²) in [5.41, 5.74) is 0.138. The standard InChI is InChI=1S/C18H26FNO3.H2/c1-6-12(2)15(21)16(18(3,4)5)20-17(22)23-11-13-8-7-9-14(19)10-13;/h7-10,12,16H,6,11H2,1-5H3,(H,20,22);1H. The third kappa shape index (κ3) is 6.00. The minimum Gasteiger partial charge on any atom is -0.445 e. The molecule has 0 aliphatic heterocycles. The van der Waals surface area contributed by atoms with Gasteiger partial charge in [0.25, 0.3) is 0 Å². The van der Waals surface area contributed by atoms with E-state index in [4.69, 9.17) is 4.74 Å². The Balaban J connectivity index is 0.00000529. The summed E-state index contributed by atoms with van der Waals surface area (Å²) in [7, 11) is 0. The lowest BCUT2D eigenvalue weighted by atomic mass is 9.80. The van der Waals surface area contributed by atoms with Gasteiger partial charge in [0.15, 0.2) is 5.78 Å². The molecule has 1 amide bonds. The zero-order chi connectivity index (χ0) is 17.6. The second-order valence-corrected chi connectivity index (χ2v) is 6.86. The van der Waals surface area contributed by atoms with Crippen LogP contribution in [0.4, 0.5) is 9.18 Å². The summed E-state index contributed by atoms with van der Waals surface area (Å²) < 4.78 is 18.2. The summed E-state index contributed by atoms with van der Waals surface area (Å²) in [6, 6.07) is 5.22. The van der Waals surface area contributed by atoms with Gasteiger partial charge in [0, 0.05) is 7.34 Å². The number of hydrogen-bond acceptors (Lipinski definition) is 3. The third-order valence-corrected chi connectivity index (χ3v) is 3.77. The van der Waals surface area contributed by atoms with E-state index in [-0.39, 0.29) is 25.6 Å². The highest BCUT2D eigenvalue weighted by Gasteiger charge is 2.34. The van der Waals surface area contributed by atoms with Crippen molar-refractivity contribution in [3.63, 3.8) is 0 Å². The number of benzene rings is 1. The monoisotopic (exact) mass is 325 g/mol. The Morgan fingerprint density at radius 1 is 1.35 bits per heavy atom. The van der Waals surface area contributed by atoms with Gasteiger partial charge in [-0.25, -0.2) is 9.18 Å². The number of Topliss-reactive ketones (excluding diaryl/α,β-unsaturated/α-hetero) is 1. The maximum absolute atomic E-state index is 13.1. The third-order valence-electron chi connectivity index (χ3n) is 3.77. The van der Waals surface area contributed by atoms with E-state index in [1.807, 2.05) is 34.6 Å². The van der Waals surface area contributed by atoms with Gasteiger partial charge in [0.2, 0.25) is 0 Å². The van der Waals surface area contributed by atoms with Crippen LogP contribution in [0.3, 0.4) is 0 Å². The van der Waals surface area contributed by atoms with E-state index in [0.717, 1.165) is 0 Å². The molecule has 0 aliphatic rings. The minimum atomic E-state index is -0.675. The highest BCUT2D eigenvalue weighted by atomic mass is 19.1. The van der Waals surface area contributed by atoms with Gasteiger partial charge >= 0.3 is 6.09 Å². The number of rotatable bonds is 6. The van der Waals surface area contributed by atoms with Gasteiger partial charge in [-0.2, -0.15) is 0 Å². The van der Waals surface area contributed by atoms with E-state index >= 15 is 0 Å². The van der Waals surface area contributed by atoms with Crippen LogP contribution in [-0.2, 0) is 16.1 Å². The largest absolute Gasteiger partial charge is 0.445 e. The average Bonchev–Trinajstić information content (AvgIpc) is 2.48. The molecule has 0 saturated heterocycles. The van der Waals surface area contributed by atoms with Crippen LogP contribution >= 0.6 is 0 Å². The second kappa shape index (κ2) is 8.09. The van der Waals surface area contributed by atoms with Crippen molar-refractivity contribution in [3.05, 3.63) is 35.6 Å². The van der Waals surface area contributed by atoms with Crippen LogP contribution < -0.4 is 5.32 Å². The molecule has 0 bridgehead atoms. The number of halogens is 1. The molecule has 0 fully saturated rings. The quantitative estimate of drug-likeness (QED) is 0.847. The van der Waals surface area contributed by atoms with Crippen molar-refractivity contribution < 1.29 is 20.1 Å². The first kappa shape index (κ1) is 19.1. The summed E-state index contributed by atoms with van der Waals surface area (Å²) in [6.45, 7) is 9.42. The van der Waals surface area contributed by atoms with Crippen LogP contribution in [0.15, 0.2) is 24.3 Å². The molecule has 0 heterocycles. The first-order valence-corrected chi connectivity index (χ1v) is 7.86. The summed E-state index contributed by atoms with van der Waals surface area (Å²) in [6.07, 6.45) is 0.0386. The van der Waals surface area contributed by atoms with Gasteiger partial charge < -0.3 is 10.1 Å². The van der Waals surface area contributed by atoms with Crippen LogP contribution in [0.1, 0.15) is 48.0 Å². The molecule has 23 heavy (non-hydrogen) atoms. The van der Waals surface area contributed by atoms with Crippen molar-refractivity contribution >= 4 is 11.9 Å². The second-order valence-electron chi connectivity index (χ2n) is 6.86. The van der Waals surface area contributed by atoms with E-state index in [9.17, 15) is 14.0 Å². The van der Waals surface area contributed by atoms with Gasteiger partial charge in [-0.3, -0.25) is 4.79 Å². The number of nitrogens with one attached hydrogen (secondary N) is 1. The van der Waals surface area contributed by atoms with Crippen molar-refractivity contribution in [2.24, 2.45) is 11.3 Å². The topological polar surface area (TPSA) is 55.4 Å². The van der Waals surface area contributed by atoms with Crippen LogP contribution in [0, 0.1) is 17.2 Å². The normalized spacial score (nSPS) is 14.0. The Bertz CT molecular complexity index is 557. The van der Waals surface area contributed by atoms with Crippen LogP contribution in [-0.4, -0.2) is 17.9 Å². The molecule has 0 aromatic heterocycles. The van der Waals surface area contributed by atoms with Gasteiger partial charge in [-0.15, -0.1) is 0 Å². The number of ketones is 1. The summed E-state index contributed by atoms with van der Waals surface area (Å²) in [4.78, 5) is 24.4. The maximum Gasteiger partial charge on any atom is 0.408 e. The Kier molecular flexibility index (Phi) is 6.73. The van der Waals surface area contributed by atoms with E-state index in [1.165, 1.54) is 12.1 Å². The fourth-order valence-electron chi connectivity index (χ4n) is 2.14. The SMILES string of the molecule is CCC(C)C(=O)C(NC(=O)OCc1cccc(F)c1)C(C)(C)C.[HH]. The molecule has 0 aliphatic carbocycles. The number of alkyl carbamates (subject to hydrolysis) is 1. The molecule has 1 rings (SSSR count). The molecular formula is C18H28FNO3. The van der Waals surface area contributed by atoms with E-state index < -0.39 is 17.6 Å². The molecule has 5 heteroatoms. The number of ether oxygens (including phenoxy) is 1. The molecule has 0 saturated carbocycles. The van der Waals surface area contributed by atoms with E-state index in [1.54, 1.807) is 12.1 Å². The smallest absolute Gasteiger partial charge is 0.408 e. The van der Waals surface area contributed by atoms with Crippen LogP contribution in [0.25, 0.3) is 0 Å². The van der Waals surface area contributed by atoms with Gasteiger partial charge in [-0.05, 0) is 29.5 Å². The Hall–Kier alpha value is -1.91. The van der Waals surface area contributed by atoms with Crippen molar-refractivity contribution in [3.8, 4) is 0 Å². The highest BCUT2D eigenvalue weighted by molar-refractivity contribution is 5.89. The molecule has 0 radical (unpaired) electrons. The Morgan fingerprint density at radius 2 is 2.00 bits per heavy atom. The number of hydrogen-bond donors (Lipinski definition) is 1. The van der Waals surface area contributed by atoms with Crippen LogP contribution in [0.5, 0.6) is 0 Å².